The van der Waals surface area contributed by atoms with Gasteiger partial charge in [0.1, 0.15) is 0 Å². The fourth-order valence-electron chi connectivity index (χ4n) is 3.02. The van der Waals surface area contributed by atoms with E-state index in [2.05, 4.69) is 14.8 Å². The van der Waals surface area contributed by atoms with Crippen LogP contribution < -0.4 is 10.0 Å². The Hall–Kier alpha value is -0.860. The quantitative estimate of drug-likeness (QED) is 0.398. The second-order valence-corrected chi connectivity index (χ2v) is 8.34. The maximum absolute atomic E-state index is 12.5. The average Bonchev–Trinajstić information content (AvgIpc) is 2.87. The summed E-state index contributed by atoms with van der Waals surface area (Å²) in [7, 11) is -2.65. The number of carbonyl (C=O) groups excluding carboxylic acids is 1. The molecule has 0 atom stereocenters. The Morgan fingerprint density at radius 3 is 2.46 bits per heavy atom. The Kier molecular flexibility index (Phi) is 9.89. The summed E-state index contributed by atoms with van der Waals surface area (Å²) in [6.45, 7) is 0.782. The summed E-state index contributed by atoms with van der Waals surface area (Å²) in [4.78, 5) is 11.6. The highest BCUT2D eigenvalue weighted by Crippen LogP contribution is 2.21. The van der Waals surface area contributed by atoms with Crippen molar-refractivity contribution in [2.45, 2.75) is 49.5 Å². The first-order valence-electron chi connectivity index (χ1n) is 8.55. The van der Waals surface area contributed by atoms with Crippen molar-refractivity contribution in [1.29, 1.82) is 0 Å². The van der Waals surface area contributed by atoms with E-state index in [1.807, 2.05) is 0 Å². The molecular weight excluding hydrogens is 399 g/mol. The monoisotopic (exact) mass is 424 g/mol. The molecule has 2 N–H and O–H groups in total. The maximum Gasteiger partial charge on any atom is 0.339 e. The molecule has 1 aromatic rings. The van der Waals surface area contributed by atoms with Crippen LogP contribution in [0.3, 0.4) is 0 Å². The number of rotatable bonds is 7. The molecule has 6 nitrogen and oxygen atoms in total. The molecular formula is C17H26Cl2N2O4S. The van der Waals surface area contributed by atoms with Gasteiger partial charge >= 0.3 is 5.97 Å². The number of hydrogen-bond donors (Lipinski definition) is 2. The molecule has 0 unspecified atom stereocenters. The third-order valence-corrected chi connectivity index (χ3v) is 6.08. The molecule has 1 saturated carbocycles. The van der Waals surface area contributed by atoms with Crippen LogP contribution >= 0.6 is 24.0 Å². The fraction of sp³-hybridized carbons (Fsp3) is 0.588. The lowest BCUT2D eigenvalue weighted by Gasteiger charge is -2.16. The van der Waals surface area contributed by atoms with Crippen molar-refractivity contribution < 1.29 is 17.9 Å². The van der Waals surface area contributed by atoms with Gasteiger partial charge in [0.15, 0.2) is 0 Å². The molecule has 9 heteroatoms. The third-order valence-electron chi connectivity index (χ3n) is 4.34. The minimum absolute atomic E-state index is 0. The zero-order chi connectivity index (χ0) is 18.3. The van der Waals surface area contributed by atoms with Gasteiger partial charge in [-0.15, -0.1) is 12.4 Å². The molecule has 2 rings (SSSR count). The summed E-state index contributed by atoms with van der Waals surface area (Å²) >= 11 is 5.89. The Bertz CT molecular complexity index is 690. The summed E-state index contributed by atoms with van der Waals surface area (Å²) < 4.78 is 32.2. The molecule has 0 heterocycles. The topological polar surface area (TPSA) is 84.5 Å². The van der Waals surface area contributed by atoms with Crippen molar-refractivity contribution in [3.8, 4) is 0 Å². The molecule has 0 radical (unpaired) electrons. The Morgan fingerprint density at radius 2 is 1.85 bits per heavy atom. The Balaban J connectivity index is 0.00000338. The van der Waals surface area contributed by atoms with Gasteiger partial charge in [0.05, 0.1) is 17.6 Å². The number of sulfonamides is 1. The molecule has 0 spiro atoms. The first-order chi connectivity index (χ1) is 11.9. The molecule has 148 valence electrons. The number of nitrogens with one attached hydrogen (secondary N) is 2. The third kappa shape index (κ3) is 6.70. The number of carbonyl (C=O) groups is 1. The Labute approximate surface area is 166 Å². The van der Waals surface area contributed by atoms with Crippen LogP contribution in [-0.4, -0.2) is 40.6 Å². The molecule has 0 bridgehead atoms. The first kappa shape index (κ1) is 23.2. The van der Waals surface area contributed by atoms with Crippen molar-refractivity contribution >= 4 is 40.0 Å². The van der Waals surface area contributed by atoms with Crippen LogP contribution in [-0.2, 0) is 14.8 Å². The molecule has 0 amide bonds. The van der Waals surface area contributed by atoms with Crippen LogP contribution in [0, 0.1) is 0 Å². The highest BCUT2D eigenvalue weighted by Gasteiger charge is 2.23. The first-order valence-corrected chi connectivity index (χ1v) is 10.4. The zero-order valence-corrected chi connectivity index (χ0v) is 17.2. The molecule has 0 aliphatic heterocycles. The minimum Gasteiger partial charge on any atom is -0.465 e. The highest BCUT2D eigenvalue weighted by atomic mass is 35.5. The van der Waals surface area contributed by atoms with Crippen molar-refractivity contribution in [3.05, 3.63) is 28.8 Å². The molecule has 1 aromatic carbocycles. The van der Waals surface area contributed by atoms with E-state index in [1.165, 1.54) is 51.0 Å². The van der Waals surface area contributed by atoms with Crippen molar-refractivity contribution in [1.82, 2.24) is 10.0 Å². The highest BCUT2D eigenvalue weighted by molar-refractivity contribution is 7.89. The fourth-order valence-corrected chi connectivity index (χ4v) is 4.51. The summed E-state index contributed by atoms with van der Waals surface area (Å²) in [6.07, 6.45) is 7.25. The van der Waals surface area contributed by atoms with Crippen molar-refractivity contribution in [3.63, 3.8) is 0 Å². The lowest BCUT2D eigenvalue weighted by atomic mass is 10.1. The normalized spacial score (nSPS) is 15.8. The van der Waals surface area contributed by atoms with Crippen molar-refractivity contribution in [2.75, 3.05) is 20.2 Å². The number of hydrogen-bond acceptors (Lipinski definition) is 5. The predicted octanol–water partition coefficient (Wildman–Crippen LogP) is 3.14. The van der Waals surface area contributed by atoms with Crippen LogP contribution in [0.25, 0.3) is 0 Å². The van der Waals surface area contributed by atoms with Crippen LogP contribution in [0.15, 0.2) is 23.1 Å². The number of esters is 1. The van der Waals surface area contributed by atoms with E-state index in [4.69, 9.17) is 11.6 Å². The van der Waals surface area contributed by atoms with E-state index in [9.17, 15) is 13.2 Å². The van der Waals surface area contributed by atoms with Gasteiger partial charge in [0, 0.05) is 24.2 Å². The lowest BCUT2D eigenvalue weighted by Crippen LogP contribution is -2.37. The van der Waals surface area contributed by atoms with Gasteiger partial charge < -0.3 is 10.1 Å². The van der Waals surface area contributed by atoms with Gasteiger partial charge in [-0.25, -0.2) is 17.9 Å². The standard InChI is InChI=1S/C17H25ClN2O4S.ClH/c1-24-17(21)15-9-8-13(18)12-16(15)25(22,23)20-11-10-19-14-6-4-2-3-5-7-14;/h8-9,12,14,19-20H,2-7,10-11H2,1H3;1H. The van der Waals surface area contributed by atoms with Gasteiger partial charge in [-0.3, -0.25) is 0 Å². The summed E-state index contributed by atoms with van der Waals surface area (Å²) in [5.41, 5.74) is -0.0314. The minimum atomic E-state index is -3.85. The predicted molar refractivity (Wildman–Crippen MR) is 105 cm³/mol. The van der Waals surface area contributed by atoms with Gasteiger partial charge in [-0.1, -0.05) is 37.3 Å². The SMILES string of the molecule is COC(=O)c1ccc(Cl)cc1S(=O)(=O)NCCNC1CCCCCC1.Cl. The zero-order valence-electron chi connectivity index (χ0n) is 14.8. The number of benzene rings is 1. The summed E-state index contributed by atoms with van der Waals surface area (Å²) in [6, 6.07) is 4.52. The molecule has 26 heavy (non-hydrogen) atoms. The van der Waals surface area contributed by atoms with Gasteiger partial charge in [-0.05, 0) is 31.0 Å². The van der Waals surface area contributed by atoms with E-state index in [-0.39, 0.29) is 34.4 Å². The number of halogens is 2. The second kappa shape index (κ2) is 11.1. The Morgan fingerprint density at radius 1 is 1.19 bits per heavy atom. The summed E-state index contributed by atoms with van der Waals surface area (Å²) in [5, 5.41) is 3.64. The van der Waals surface area contributed by atoms with E-state index in [0.29, 0.717) is 12.6 Å². The largest absolute Gasteiger partial charge is 0.465 e. The van der Waals surface area contributed by atoms with E-state index >= 15 is 0 Å². The second-order valence-electron chi connectivity index (χ2n) is 6.17. The molecule has 1 aliphatic rings. The summed E-state index contributed by atoms with van der Waals surface area (Å²) in [5.74, 6) is -0.714. The van der Waals surface area contributed by atoms with Crippen molar-refractivity contribution in [2.24, 2.45) is 0 Å². The van der Waals surface area contributed by atoms with Crippen LogP contribution in [0.4, 0.5) is 0 Å². The van der Waals surface area contributed by atoms with Crippen LogP contribution in [0.5, 0.6) is 0 Å². The number of methoxy groups -OCH3 is 1. The number of ether oxygens (including phenoxy) is 1. The molecule has 0 aromatic heterocycles. The average molecular weight is 425 g/mol. The lowest BCUT2D eigenvalue weighted by molar-refractivity contribution is 0.0596. The molecule has 1 aliphatic carbocycles. The molecule has 1 fully saturated rings. The maximum atomic E-state index is 12.5. The van der Waals surface area contributed by atoms with Gasteiger partial charge in [0.25, 0.3) is 0 Å². The van der Waals surface area contributed by atoms with Gasteiger partial charge in [-0.2, -0.15) is 0 Å². The van der Waals surface area contributed by atoms with E-state index in [1.54, 1.807) is 0 Å². The molecule has 0 saturated heterocycles. The van der Waals surface area contributed by atoms with Gasteiger partial charge in [0.2, 0.25) is 10.0 Å². The van der Waals surface area contributed by atoms with E-state index < -0.39 is 16.0 Å². The van der Waals surface area contributed by atoms with E-state index in [0.717, 1.165) is 12.8 Å². The smallest absolute Gasteiger partial charge is 0.339 e. The van der Waals surface area contributed by atoms with Crippen LogP contribution in [0.2, 0.25) is 5.02 Å². The van der Waals surface area contributed by atoms with Crippen LogP contribution in [0.1, 0.15) is 48.9 Å².